The van der Waals surface area contributed by atoms with Crippen LogP contribution in [0.4, 0.5) is 5.82 Å². The fraction of sp³-hybridized carbons (Fsp3) is 0.433. The highest BCUT2D eigenvalue weighted by atomic mass is 35.5. The number of benzene rings is 2. The standard InChI is InChI=1S/C30H39ClN5O6P/c1-6-22(7-2)40-30(37)20(5)35-43(38,42-23-15-13-21(31)14-16-23)41-19(4)17-36-26(18-39-8-3)34-27-28(36)24-11-9-10-12-25(24)33-29(27)32/h9-16,19-20,22H,6-8,17-18H2,1-5H3,(H2,32,33)(H,35,38)/t19-,20+,43?/m1/s1. The monoisotopic (exact) mass is 631 g/mol. The van der Waals surface area contributed by atoms with Crippen LogP contribution in [0.2, 0.25) is 5.02 Å². The molecule has 2 aromatic heterocycles. The average molecular weight is 632 g/mol. The molecule has 232 valence electrons. The second-order valence-electron chi connectivity index (χ2n) is 10.2. The van der Waals surface area contributed by atoms with Gasteiger partial charge in [-0.05, 0) is 63.9 Å². The van der Waals surface area contributed by atoms with E-state index in [-0.39, 0.29) is 25.0 Å². The molecular formula is C30H39ClN5O6P. The number of nitrogen functional groups attached to an aromatic ring is 1. The van der Waals surface area contributed by atoms with Crippen molar-refractivity contribution in [2.45, 2.75) is 78.9 Å². The second kappa shape index (κ2) is 14.5. The molecule has 0 aliphatic heterocycles. The number of fused-ring (bicyclic) bond motifs is 3. The van der Waals surface area contributed by atoms with Gasteiger partial charge in [-0.3, -0.25) is 9.32 Å². The summed E-state index contributed by atoms with van der Waals surface area (Å²) >= 11 is 6.03. The van der Waals surface area contributed by atoms with Gasteiger partial charge in [0.05, 0.1) is 23.7 Å². The summed E-state index contributed by atoms with van der Waals surface area (Å²) in [5, 5.41) is 4.11. The first-order chi connectivity index (χ1) is 20.6. The van der Waals surface area contributed by atoms with Gasteiger partial charge in [0.2, 0.25) is 0 Å². The first-order valence-corrected chi connectivity index (χ1v) is 16.3. The number of aromatic nitrogens is 3. The summed E-state index contributed by atoms with van der Waals surface area (Å²) in [5.74, 6) is 0.601. The molecule has 0 spiro atoms. The number of esters is 1. The molecule has 0 amide bonds. The number of para-hydroxylation sites is 1. The predicted molar refractivity (Wildman–Crippen MR) is 168 cm³/mol. The molecule has 3 atom stereocenters. The van der Waals surface area contributed by atoms with E-state index >= 15 is 0 Å². The van der Waals surface area contributed by atoms with Gasteiger partial charge in [-0.25, -0.2) is 14.5 Å². The van der Waals surface area contributed by atoms with Crippen LogP contribution in [0.5, 0.6) is 5.75 Å². The highest BCUT2D eigenvalue weighted by Crippen LogP contribution is 2.46. The first kappa shape index (κ1) is 32.7. The van der Waals surface area contributed by atoms with Crippen molar-refractivity contribution in [1.29, 1.82) is 0 Å². The maximum atomic E-state index is 14.3. The van der Waals surface area contributed by atoms with Gasteiger partial charge in [0.1, 0.15) is 35.8 Å². The molecule has 11 nitrogen and oxygen atoms in total. The molecule has 0 fully saturated rings. The number of rotatable bonds is 15. The fourth-order valence-electron chi connectivity index (χ4n) is 4.66. The van der Waals surface area contributed by atoms with Crippen LogP contribution in [0.1, 0.15) is 53.3 Å². The highest BCUT2D eigenvalue weighted by Gasteiger charge is 2.35. The van der Waals surface area contributed by atoms with E-state index < -0.39 is 25.9 Å². The van der Waals surface area contributed by atoms with Crippen molar-refractivity contribution in [3.05, 3.63) is 59.4 Å². The van der Waals surface area contributed by atoms with Gasteiger partial charge in [0.25, 0.3) is 0 Å². The van der Waals surface area contributed by atoms with Gasteiger partial charge < -0.3 is 24.3 Å². The van der Waals surface area contributed by atoms with Crippen molar-refractivity contribution >= 4 is 53.1 Å². The van der Waals surface area contributed by atoms with Gasteiger partial charge in [-0.2, -0.15) is 5.09 Å². The zero-order valence-corrected chi connectivity index (χ0v) is 26.7. The average Bonchev–Trinajstić information content (AvgIpc) is 3.34. The third-order valence-electron chi connectivity index (χ3n) is 6.82. The summed E-state index contributed by atoms with van der Waals surface area (Å²) in [6, 6.07) is 13.0. The molecule has 2 heterocycles. The van der Waals surface area contributed by atoms with Crippen LogP contribution in [0.3, 0.4) is 0 Å². The van der Waals surface area contributed by atoms with Gasteiger partial charge in [0, 0.05) is 17.0 Å². The van der Waals surface area contributed by atoms with Gasteiger partial charge in [-0.15, -0.1) is 0 Å². The third-order valence-corrected chi connectivity index (χ3v) is 8.87. The molecule has 43 heavy (non-hydrogen) atoms. The molecular weight excluding hydrogens is 593 g/mol. The topological polar surface area (TPSA) is 140 Å². The maximum Gasteiger partial charge on any atom is 0.459 e. The van der Waals surface area contributed by atoms with E-state index in [4.69, 9.17) is 40.8 Å². The van der Waals surface area contributed by atoms with Crippen LogP contribution in [0.25, 0.3) is 21.9 Å². The number of hydrogen-bond donors (Lipinski definition) is 2. The number of carbonyl (C=O) groups excluding carboxylic acids is 1. The van der Waals surface area contributed by atoms with E-state index in [0.717, 1.165) is 10.9 Å². The maximum absolute atomic E-state index is 14.3. The largest absolute Gasteiger partial charge is 0.461 e. The molecule has 4 aromatic rings. The number of ether oxygens (including phenoxy) is 2. The number of pyridine rings is 1. The Labute approximate surface area is 256 Å². The Balaban J connectivity index is 1.67. The predicted octanol–water partition coefficient (Wildman–Crippen LogP) is 6.66. The normalized spacial score (nSPS) is 14.6. The van der Waals surface area contributed by atoms with Crippen molar-refractivity contribution in [2.24, 2.45) is 0 Å². The number of anilines is 1. The molecule has 0 radical (unpaired) electrons. The Kier molecular flexibility index (Phi) is 11.0. The van der Waals surface area contributed by atoms with Crippen molar-refractivity contribution < 1.29 is 27.9 Å². The Morgan fingerprint density at radius 3 is 2.44 bits per heavy atom. The summed E-state index contributed by atoms with van der Waals surface area (Å²) in [4.78, 5) is 22.1. The van der Waals surface area contributed by atoms with Crippen LogP contribution >= 0.6 is 19.3 Å². The lowest BCUT2D eigenvalue weighted by atomic mass is 10.2. The number of carbonyl (C=O) groups is 1. The number of hydrogen-bond acceptors (Lipinski definition) is 9. The number of imidazole rings is 1. The van der Waals surface area contributed by atoms with Crippen LogP contribution in [0, 0.1) is 0 Å². The van der Waals surface area contributed by atoms with Crippen molar-refractivity contribution in [3.63, 3.8) is 0 Å². The van der Waals surface area contributed by atoms with Gasteiger partial charge in [0.15, 0.2) is 5.82 Å². The van der Waals surface area contributed by atoms with Crippen molar-refractivity contribution in [3.8, 4) is 5.75 Å². The molecule has 4 rings (SSSR count). The Bertz CT molecular complexity index is 1590. The lowest BCUT2D eigenvalue weighted by molar-refractivity contribution is -0.151. The van der Waals surface area contributed by atoms with Crippen LogP contribution in [-0.4, -0.2) is 45.4 Å². The molecule has 13 heteroatoms. The number of nitrogens with zero attached hydrogens (tertiary/aromatic N) is 3. The van der Waals surface area contributed by atoms with E-state index in [1.165, 1.54) is 0 Å². The van der Waals surface area contributed by atoms with Crippen LogP contribution < -0.4 is 15.3 Å². The lowest BCUT2D eigenvalue weighted by Gasteiger charge is -2.27. The Hall–Kier alpha value is -3.21. The molecule has 1 unspecified atom stereocenters. The fourth-order valence-corrected chi connectivity index (χ4v) is 6.46. The Morgan fingerprint density at radius 2 is 1.77 bits per heavy atom. The Morgan fingerprint density at radius 1 is 1.07 bits per heavy atom. The van der Waals surface area contributed by atoms with Crippen LogP contribution in [0.15, 0.2) is 48.5 Å². The third kappa shape index (κ3) is 8.04. The second-order valence-corrected chi connectivity index (χ2v) is 12.3. The summed E-state index contributed by atoms with van der Waals surface area (Å²) in [7, 11) is -4.15. The SMILES string of the molecule is CCOCc1nc2c(N)nc3ccccc3c2n1C[C@@H](C)OP(=O)(N[C@@H](C)C(=O)OC(CC)CC)Oc1ccc(Cl)cc1. The lowest BCUT2D eigenvalue weighted by Crippen LogP contribution is -2.37. The number of nitrogens with two attached hydrogens (primary N) is 1. The van der Waals surface area contributed by atoms with Crippen LogP contribution in [-0.2, 0) is 36.5 Å². The molecule has 0 saturated heterocycles. The van der Waals surface area contributed by atoms with Crippen molar-refractivity contribution in [2.75, 3.05) is 12.3 Å². The number of nitrogens with one attached hydrogen (secondary N) is 1. The summed E-state index contributed by atoms with van der Waals surface area (Å²) < 4.78 is 39.5. The van der Waals surface area contributed by atoms with E-state index in [9.17, 15) is 9.36 Å². The van der Waals surface area contributed by atoms with E-state index in [1.54, 1.807) is 38.1 Å². The molecule has 0 aliphatic carbocycles. The zero-order chi connectivity index (χ0) is 31.1. The van der Waals surface area contributed by atoms with E-state index in [2.05, 4.69) is 10.1 Å². The summed E-state index contributed by atoms with van der Waals surface area (Å²) in [6.07, 6.45) is 0.389. The molecule has 3 N–H and O–H groups in total. The van der Waals surface area contributed by atoms with Crippen molar-refractivity contribution in [1.82, 2.24) is 19.6 Å². The summed E-state index contributed by atoms with van der Waals surface area (Å²) in [6.45, 7) is 10.0. The quantitative estimate of drug-likeness (QED) is 0.108. The number of halogens is 1. The van der Waals surface area contributed by atoms with E-state index in [0.29, 0.717) is 47.1 Å². The minimum Gasteiger partial charge on any atom is -0.461 e. The van der Waals surface area contributed by atoms with Gasteiger partial charge in [-0.1, -0.05) is 43.6 Å². The highest BCUT2D eigenvalue weighted by molar-refractivity contribution is 7.52. The minimum absolute atomic E-state index is 0.217. The minimum atomic E-state index is -4.15. The molecule has 0 aliphatic rings. The molecule has 0 bridgehead atoms. The zero-order valence-electron chi connectivity index (χ0n) is 25.1. The van der Waals surface area contributed by atoms with Gasteiger partial charge >= 0.3 is 13.7 Å². The molecule has 0 saturated carbocycles. The molecule has 2 aromatic carbocycles. The smallest absolute Gasteiger partial charge is 0.459 e. The first-order valence-electron chi connectivity index (χ1n) is 14.4. The van der Waals surface area contributed by atoms with E-state index in [1.807, 2.05) is 49.6 Å². The summed E-state index contributed by atoms with van der Waals surface area (Å²) in [5.41, 5.74) is 8.33.